The third-order valence-electron chi connectivity index (χ3n) is 5.11. The van der Waals surface area contributed by atoms with Gasteiger partial charge >= 0.3 is 0 Å². The molecule has 0 aromatic carbocycles. The second kappa shape index (κ2) is 9.21. The second-order valence-corrected chi connectivity index (χ2v) is 7.23. The van der Waals surface area contributed by atoms with Crippen molar-refractivity contribution in [3.8, 4) is 0 Å². The lowest BCUT2D eigenvalue weighted by molar-refractivity contribution is -0.142. The molecule has 1 unspecified atom stereocenters. The van der Waals surface area contributed by atoms with Crippen LogP contribution in [0.3, 0.4) is 0 Å². The molecule has 0 aromatic rings. The summed E-state index contributed by atoms with van der Waals surface area (Å²) in [6.45, 7) is 4.35. The van der Waals surface area contributed by atoms with Crippen molar-refractivity contribution >= 4 is 17.8 Å². The fraction of sp³-hybridized carbons (Fsp3) is 0.833. The zero-order chi connectivity index (χ0) is 18.4. The number of carbonyl (C=O) groups excluding carboxylic acids is 2. The third kappa shape index (κ3) is 5.33. The van der Waals surface area contributed by atoms with Gasteiger partial charge in [0.2, 0.25) is 5.91 Å². The molecule has 1 saturated carbocycles. The zero-order valence-corrected chi connectivity index (χ0v) is 15.7. The van der Waals surface area contributed by atoms with E-state index in [1.165, 1.54) is 0 Å². The maximum atomic E-state index is 12.4. The van der Waals surface area contributed by atoms with E-state index >= 15 is 0 Å². The second-order valence-electron chi connectivity index (χ2n) is 7.23. The Morgan fingerprint density at radius 3 is 2.46 bits per heavy atom. The first kappa shape index (κ1) is 18.9. The highest BCUT2D eigenvalue weighted by Gasteiger charge is 2.30. The smallest absolute Gasteiger partial charge is 0.251 e. The van der Waals surface area contributed by atoms with Crippen molar-refractivity contribution in [1.29, 1.82) is 0 Å². The molecule has 26 heavy (non-hydrogen) atoms. The van der Waals surface area contributed by atoms with Gasteiger partial charge in [0, 0.05) is 58.8 Å². The third-order valence-corrected chi connectivity index (χ3v) is 5.11. The van der Waals surface area contributed by atoms with Gasteiger partial charge in [-0.05, 0) is 32.1 Å². The molecular formula is C18H31N5O3. The summed E-state index contributed by atoms with van der Waals surface area (Å²) in [6.07, 6.45) is 5.16. The van der Waals surface area contributed by atoms with Crippen LogP contribution in [0.5, 0.6) is 0 Å². The molecule has 3 fully saturated rings. The number of aliphatic imine (C=N–C) groups is 1. The van der Waals surface area contributed by atoms with Crippen molar-refractivity contribution in [2.24, 2.45) is 4.99 Å². The average Bonchev–Trinajstić information content (AvgIpc) is 3.30. The number of nitrogens with zero attached hydrogens (tertiary/aromatic N) is 3. The fourth-order valence-electron chi connectivity index (χ4n) is 3.42. The molecule has 3 rings (SSSR count). The Kier molecular flexibility index (Phi) is 6.71. The van der Waals surface area contributed by atoms with E-state index in [0.717, 1.165) is 57.7 Å². The Morgan fingerprint density at radius 2 is 1.85 bits per heavy atom. The molecular weight excluding hydrogens is 334 g/mol. The van der Waals surface area contributed by atoms with E-state index in [9.17, 15) is 9.59 Å². The Balaban J connectivity index is 1.33. The highest BCUT2D eigenvalue weighted by atomic mass is 16.5. The normalized spacial score (nSPS) is 23.9. The molecule has 0 bridgehead atoms. The Hall–Kier alpha value is -1.83. The molecule has 0 radical (unpaired) electrons. The van der Waals surface area contributed by atoms with E-state index in [1.807, 2.05) is 4.90 Å². The van der Waals surface area contributed by atoms with Crippen LogP contribution in [0, 0.1) is 0 Å². The van der Waals surface area contributed by atoms with Gasteiger partial charge in [-0.15, -0.1) is 0 Å². The molecule has 3 aliphatic rings. The van der Waals surface area contributed by atoms with E-state index < -0.39 is 0 Å². The highest BCUT2D eigenvalue weighted by molar-refractivity contribution is 5.83. The first-order chi connectivity index (χ1) is 12.7. The van der Waals surface area contributed by atoms with Gasteiger partial charge < -0.3 is 25.2 Å². The molecule has 2 amide bonds. The maximum Gasteiger partial charge on any atom is 0.251 e. The Morgan fingerprint density at radius 1 is 1.12 bits per heavy atom. The van der Waals surface area contributed by atoms with Crippen LogP contribution in [0.15, 0.2) is 4.99 Å². The van der Waals surface area contributed by atoms with Crippen molar-refractivity contribution in [3.05, 3.63) is 0 Å². The average molecular weight is 365 g/mol. The van der Waals surface area contributed by atoms with Gasteiger partial charge in [0.1, 0.15) is 6.10 Å². The van der Waals surface area contributed by atoms with Gasteiger partial charge in [0.15, 0.2) is 5.96 Å². The number of hydrogen-bond donors (Lipinski definition) is 2. The number of hydrogen-bond acceptors (Lipinski definition) is 4. The van der Waals surface area contributed by atoms with Crippen LogP contribution in [0.4, 0.5) is 0 Å². The SMILES string of the molecule is CN=C(NCCCC(=O)NC1CC1)N1CCN(C(=O)C2CCCO2)CC1. The van der Waals surface area contributed by atoms with E-state index in [0.29, 0.717) is 32.2 Å². The number of nitrogens with one attached hydrogen (secondary N) is 2. The van der Waals surface area contributed by atoms with Gasteiger partial charge in [0.25, 0.3) is 5.91 Å². The molecule has 1 aliphatic carbocycles. The van der Waals surface area contributed by atoms with Crippen LogP contribution >= 0.6 is 0 Å². The molecule has 2 heterocycles. The summed E-state index contributed by atoms with van der Waals surface area (Å²) < 4.78 is 5.50. The summed E-state index contributed by atoms with van der Waals surface area (Å²) in [7, 11) is 1.77. The molecule has 2 aliphatic heterocycles. The van der Waals surface area contributed by atoms with E-state index in [2.05, 4.69) is 20.5 Å². The minimum absolute atomic E-state index is 0.131. The van der Waals surface area contributed by atoms with E-state index in [1.54, 1.807) is 7.05 Å². The van der Waals surface area contributed by atoms with Gasteiger partial charge in [-0.3, -0.25) is 14.6 Å². The molecule has 8 heteroatoms. The fourth-order valence-corrected chi connectivity index (χ4v) is 3.42. The largest absolute Gasteiger partial charge is 0.368 e. The molecule has 8 nitrogen and oxygen atoms in total. The van der Waals surface area contributed by atoms with Crippen molar-refractivity contribution in [3.63, 3.8) is 0 Å². The lowest BCUT2D eigenvalue weighted by Gasteiger charge is -2.37. The number of piperazine rings is 1. The summed E-state index contributed by atoms with van der Waals surface area (Å²) in [5.74, 6) is 1.12. The Bertz CT molecular complexity index is 521. The lowest BCUT2D eigenvalue weighted by Crippen LogP contribution is -2.55. The van der Waals surface area contributed by atoms with Crippen molar-refractivity contribution in [2.45, 2.75) is 50.7 Å². The number of rotatable bonds is 6. The molecule has 1 atom stereocenters. The minimum Gasteiger partial charge on any atom is -0.368 e. The van der Waals surface area contributed by atoms with Crippen LogP contribution < -0.4 is 10.6 Å². The van der Waals surface area contributed by atoms with Crippen LogP contribution in [-0.4, -0.2) is 86.1 Å². The summed E-state index contributed by atoms with van der Waals surface area (Å²) in [4.78, 5) is 32.5. The predicted octanol–water partition coefficient (Wildman–Crippen LogP) is -0.0562. The molecule has 0 aromatic heterocycles. The molecule has 146 valence electrons. The zero-order valence-electron chi connectivity index (χ0n) is 15.7. The molecule has 2 N–H and O–H groups in total. The summed E-state index contributed by atoms with van der Waals surface area (Å²) in [6, 6.07) is 0.428. The lowest BCUT2D eigenvalue weighted by atomic mass is 10.2. The summed E-state index contributed by atoms with van der Waals surface area (Å²) in [5, 5.41) is 6.33. The van der Waals surface area contributed by atoms with Gasteiger partial charge in [0.05, 0.1) is 0 Å². The molecule has 0 spiro atoms. The Labute approximate surface area is 155 Å². The summed E-state index contributed by atoms with van der Waals surface area (Å²) in [5.41, 5.74) is 0. The van der Waals surface area contributed by atoms with Gasteiger partial charge in [-0.1, -0.05) is 0 Å². The number of guanidine groups is 1. The van der Waals surface area contributed by atoms with Crippen LogP contribution in [-0.2, 0) is 14.3 Å². The van der Waals surface area contributed by atoms with Crippen molar-refractivity contribution in [1.82, 2.24) is 20.4 Å². The van der Waals surface area contributed by atoms with Gasteiger partial charge in [-0.25, -0.2) is 0 Å². The standard InChI is InChI=1S/C18H31N5O3/c1-19-18(20-8-2-5-16(24)21-14-6-7-14)23-11-9-22(10-12-23)17(25)15-4-3-13-26-15/h14-15H,2-13H2,1H3,(H,19,20)(H,21,24). The monoisotopic (exact) mass is 365 g/mol. The van der Waals surface area contributed by atoms with Crippen LogP contribution in [0.25, 0.3) is 0 Å². The molecule has 2 saturated heterocycles. The van der Waals surface area contributed by atoms with Crippen molar-refractivity contribution in [2.75, 3.05) is 46.4 Å². The number of carbonyl (C=O) groups is 2. The topological polar surface area (TPSA) is 86.3 Å². The summed E-state index contributed by atoms with van der Waals surface area (Å²) >= 11 is 0. The first-order valence-corrected chi connectivity index (χ1v) is 9.82. The van der Waals surface area contributed by atoms with E-state index in [4.69, 9.17) is 4.74 Å². The predicted molar refractivity (Wildman–Crippen MR) is 98.9 cm³/mol. The highest BCUT2D eigenvalue weighted by Crippen LogP contribution is 2.18. The van der Waals surface area contributed by atoms with Crippen molar-refractivity contribution < 1.29 is 14.3 Å². The van der Waals surface area contributed by atoms with E-state index in [-0.39, 0.29) is 17.9 Å². The maximum absolute atomic E-state index is 12.4. The van der Waals surface area contributed by atoms with Crippen LogP contribution in [0.2, 0.25) is 0 Å². The van der Waals surface area contributed by atoms with Crippen LogP contribution in [0.1, 0.15) is 38.5 Å². The first-order valence-electron chi connectivity index (χ1n) is 9.82. The quantitative estimate of drug-likeness (QED) is 0.391. The minimum atomic E-state index is -0.235. The number of ether oxygens (including phenoxy) is 1. The van der Waals surface area contributed by atoms with Gasteiger partial charge in [-0.2, -0.15) is 0 Å². The number of amides is 2.